The van der Waals surface area contributed by atoms with E-state index in [-0.39, 0.29) is 24.4 Å². The number of nitrogens with one attached hydrogen (secondary N) is 1. The molecular formula is C17H15F3N2O2. The molecule has 0 aliphatic carbocycles. The van der Waals surface area contributed by atoms with Crippen LogP contribution in [-0.2, 0) is 17.4 Å². The summed E-state index contributed by atoms with van der Waals surface area (Å²) in [6.07, 6.45) is -4.38. The van der Waals surface area contributed by atoms with Gasteiger partial charge in [0.05, 0.1) is 24.2 Å². The number of nitrogens with zero attached hydrogens (tertiary/aromatic N) is 1. The topological polar surface area (TPSA) is 55.1 Å². The molecule has 24 heavy (non-hydrogen) atoms. The van der Waals surface area contributed by atoms with E-state index in [4.69, 9.17) is 4.52 Å². The van der Waals surface area contributed by atoms with Gasteiger partial charge >= 0.3 is 6.18 Å². The van der Waals surface area contributed by atoms with E-state index in [0.29, 0.717) is 17.0 Å². The van der Waals surface area contributed by atoms with Crippen LogP contribution in [0.3, 0.4) is 0 Å². The van der Waals surface area contributed by atoms with E-state index in [1.165, 1.54) is 18.2 Å². The Morgan fingerprint density at radius 2 is 2.00 bits per heavy atom. The van der Waals surface area contributed by atoms with E-state index in [2.05, 4.69) is 22.3 Å². The third kappa shape index (κ3) is 4.38. The molecule has 2 rings (SSSR count). The minimum Gasteiger partial charge on any atom is -0.361 e. The largest absolute Gasteiger partial charge is 0.417 e. The second-order valence-corrected chi connectivity index (χ2v) is 5.10. The smallest absolute Gasteiger partial charge is 0.361 e. The van der Waals surface area contributed by atoms with Crippen molar-refractivity contribution in [3.63, 3.8) is 0 Å². The standard InChI is InChI=1S/C17H15F3N2O2/c1-11-14(12(2)24-22-11)10-16(23)21-9-5-7-13-6-3-4-8-15(13)17(18,19)20/h3-4,6,8H,9-10H2,1-2H3,(H,21,23). The number of hydrogen-bond donors (Lipinski definition) is 1. The van der Waals surface area contributed by atoms with Crippen LogP contribution in [0.15, 0.2) is 28.8 Å². The minimum atomic E-state index is -4.46. The Morgan fingerprint density at radius 1 is 1.29 bits per heavy atom. The van der Waals surface area contributed by atoms with Gasteiger partial charge in [-0.2, -0.15) is 13.2 Å². The normalized spacial score (nSPS) is 10.9. The first-order chi connectivity index (χ1) is 11.3. The molecule has 0 bridgehead atoms. The molecule has 0 radical (unpaired) electrons. The highest BCUT2D eigenvalue weighted by molar-refractivity contribution is 5.79. The summed E-state index contributed by atoms with van der Waals surface area (Å²) in [5.74, 6) is 5.23. The van der Waals surface area contributed by atoms with Crippen molar-refractivity contribution in [3.8, 4) is 11.8 Å². The van der Waals surface area contributed by atoms with Crippen molar-refractivity contribution < 1.29 is 22.5 Å². The van der Waals surface area contributed by atoms with Crippen molar-refractivity contribution in [3.05, 3.63) is 52.4 Å². The molecule has 0 unspecified atom stereocenters. The predicted molar refractivity (Wildman–Crippen MR) is 81.0 cm³/mol. The molecule has 1 aromatic carbocycles. The van der Waals surface area contributed by atoms with Gasteiger partial charge in [0.1, 0.15) is 5.76 Å². The number of benzene rings is 1. The molecule has 1 aromatic heterocycles. The fraction of sp³-hybridized carbons (Fsp3) is 0.294. The van der Waals surface area contributed by atoms with E-state index in [0.717, 1.165) is 6.07 Å². The maximum absolute atomic E-state index is 12.8. The number of alkyl halides is 3. The maximum atomic E-state index is 12.8. The lowest BCUT2D eigenvalue weighted by molar-refractivity contribution is -0.137. The second kappa shape index (κ2) is 7.21. The Balaban J connectivity index is 1.96. The molecule has 0 aliphatic heterocycles. The summed E-state index contributed by atoms with van der Waals surface area (Å²) in [5, 5.41) is 6.29. The zero-order valence-corrected chi connectivity index (χ0v) is 13.1. The molecule has 0 fully saturated rings. The summed E-state index contributed by atoms with van der Waals surface area (Å²) in [6, 6.07) is 5.05. The van der Waals surface area contributed by atoms with Crippen LogP contribution >= 0.6 is 0 Å². The lowest BCUT2D eigenvalue weighted by Crippen LogP contribution is -2.25. The van der Waals surface area contributed by atoms with Gasteiger partial charge in [-0.3, -0.25) is 4.79 Å². The number of amides is 1. The van der Waals surface area contributed by atoms with Crippen LogP contribution in [0, 0.1) is 25.7 Å². The number of aryl methyl sites for hydroxylation is 2. The van der Waals surface area contributed by atoms with Crippen LogP contribution in [-0.4, -0.2) is 17.6 Å². The summed E-state index contributed by atoms with van der Waals surface area (Å²) in [6.45, 7) is 3.39. The van der Waals surface area contributed by atoms with Crippen LogP contribution in [0.1, 0.15) is 28.1 Å². The average molecular weight is 336 g/mol. The summed E-state index contributed by atoms with van der Waals surface area (Å²) < 4.78 is 43.4. The van der Waals surface area contributed by atoms with Gasteiger partial charge in [0.2, 0.25) is 5.91 Å². The summed E-state index contributed by atoms with van der Waals surface area (Å²) in [5.41, 5.74) is 0.417. The number of halogens is 3. The van der Waals surface area contributed by atoms with Gasteiger partial charge in [-0.25, -0.2) is 0 Å². The number of rotatable bonds is 3. The lowest BCUT2D eigenvalue weighted by atomic mass is 10.1. The zero-order valence-electron chi connectivity index (χ0n) is 13.1. The molecule has 0 saturated heterocycles. The molecular weight excluding hydrogens is 321 g/mol. The molecule has 4 nitrogen and oxygen atoms in total. The predicted octanol–water partition coefficient (Wildman–Crippen LogP) is 3.02. The van der Waals surface area contributed by atoms with E-state index < -0.39 is 11.7 Å². The molecule has 2 aromatic rings. The summed E-state index contributed by atoms with van der Waals surface area (Å²) in [7, 11) is 0. The van der Waals surface area contributed by atoms with E-state index in [1.807, 2.05) is 0 Å². The molecule has 0 spiro atoms. The molecule has 1 amide bonds. The van der Waals surface area contributed by atoms with Crippen molar-refractivity contribution in [2.45, 2.75) is 26.4 Å². The minimum absolute atomic E-state index is 0.0472. The van der Waals surface area contributed by atoms with Crippen LogP contribution in [0.5, 0.6) is 0 Å². The highest BCUT2D eigenvalue weighted by atomic mass is 19.4. The van der Waals surface area contributed by atoms with Gasteiger partial charge in [-0.1, -0.05) is 29.1 Å². The molecule has 0 atom stereocenters. The number of carbonyl (C=O) groups is 1. The average Bonchev–Trinajstić information content (AvgIpc) is 2.83. The third-order valence-corrected chi connectivity index (χ3v) is 3.35. The van der Waals surface area contributed by atoms with Crippen molar-refractivity contribution in [1.82, 2.24) is 10.5 Å². The highest BCUT2D eigenvalue weighted by Gasteiger charge is 2.32. The van der Waals surface area contributed by atoms with E-state index in [9.17, 15) is 18.0 Å². The van der Waals surface area contributed by atoms with Gasteiger partial charge in [0, 0.05) is 11.1 Å². The number of carbonyl (C=O) groups excluding carboxylic acids is 1. The van der Waals surface area contributed by atoms with Crippen molar-refractivity contribution in [1.29, 1.82) is 0 Å². The first kappa shape index (κ1) is 17.6. The Morgan fingerprint density at radius 3 is 2.62 bits per heavy atom. The lowest BCUT2D eigenvalue weighted by Gasteiger charge is -2.08. The van der Waals surface area contributed by atoms with Crippen molar-refractivity contribution >= 4 is 5.91 Å². The molecule has 0 aliphatic rings. The van der Waals surface area contributed by atoms with Gasteiger partial charge in [-0.05, 0) is 26.0 Å². The van der Waals surface area contributed by atoms with E-state index >= 15 is 0 Å². The Labute approximate surface area is 137 Å². The Kier molecular flexibility index (Phi) is 5.29. The highest BCUT2D eigenvalue weighted by Crippen LogP contribution is 2.31. The third-order valence-electron chi connectivity index (χ3n) is 3.35. The van der Waals surface area contributed by atoms with Crippen molar-refractivity contribution in [2.24, 2.45) is 0 Å². The Bertz CT molecular complexity index is 779. The first-order valence-electron chi connectivity index (χ1n) is 7.12. The first-order valence-corrected chi connectivity index (χ1v) is 7.12. The van der Waals surface area contributed by atoms with Gasteiger partial charge in [0.15, 0.2) is 0 Å². The van der Waals surface area contributed by atoms with Gasteiger partial charge in [-0.15, -0.1) is 0 Å². The van der Waals surface area contributed by atoms with Crippen LogP contribution < -0.4 is 5.32 Å². The molecule has 0 saturated carbocycles. The zero-order chi connectivity index (χ0) is 17.7. The number of aromatic nitrogens is 1. The van der Waals surface area contributed by atoms with Crippen LogP contribution in [0.25, 0.3) is 0 Å². The Hall–Kier alpha value is -2.75. The molecule has 1 N–H and O–H groups in total. The van der Waals surface area contributed by atoms with Crippen LogP contribution in [0.4, 0.5) is 13.2 Å². The van der Waals surface area contributed by atoms with Crippen LogP contribution in [0.2, 0.25) is 0 Å². The van der Waals surface area contributed by atoms with Gasteiger partial charge < -0.3 is 9.84 Å². The quantitative estimate of drug-likeness (QED) is 0.877. The fourth-order valence-corrected chi connectivity index (χ4v) is 2.10. The van der Waals surface area contributed by atoms with E-state index in [1.54, 1.807) is 13.8 Å². The SMILES string of the molecule is Cc1noc(C)c1CC(=O)NCC#Cc1ccccc1C(F)(F)F. The summed E-state index contributed by atoms with van der Waals surface area (Å²) in [4.78, 5) is 11.8. The monoisotopic (exact) mass is 336 g/mol. The second-order valence-electron chi connectivity index (χ2n) is 5.10. The molecule has 1 heterocycles. The number of hydrogen-bond acceptors (Lipinski definition) is 3. The molecule has 126 valence electrons. The van der Waals surface area contributed by atoms with Gasteiger partial charge in [0.25, 0.3) is 0 Å². The maximum Gasteiger partial charge on any atom is 0.417 e. The molecule has 7 heteroatoms. The fourth-order valence-electron chi connectivity index (χ4n) is 2.10. The summed E-state index contributed by atoms with van der Waals surface area (Å²) >= 11 is 0. The van der Waals surface area contributed by atoms with Crippen molar-refractivity contribution in [2.75, 3.05) is 6.54 Å².